The maximum atomic E-state index is 11.9. The van der Waals surface area contributed by atoms with Crippen molar-refractivity contribution in [3.8, 4) is 0 Å². The fourth-order valence-electron chi connectivity index (χ4n) is 1.67. The van der Waals surface area contributed by atoms with Crippen molar-refractivity contribution >= 4 is 15.8 Å². The van der Waals surface area contributed by atoms with Crippen LogP contribution in [0.4, 0.5) is 0 Å². The first-order chi connectivity index (χ1) is 8.40. The second kappa shape index (κ2) is 6.00. The number of carbonyl (C=O) groups is 1. The molecule has 5 heteroatoms. The summed E-state index contributed by atoms with van der Waals surface area (Å²) in [6.07, 6.45) is -0.00984. The van der Waals surface area contributed by atoms with Gasteiger partial charge < -0.3 is 4.74 Å². The van der Waals surface area contributed by atoms with E-state index in [1.165, 1.54) is 0 Å². The molecule has 1 aromatic carbocycles. The number of carbonyl (C=O) groups excluding carboxylic acids is 1. The number of esters is 1. The minimum absolute atomic E-state index is 0.00984. The molecule has 0 amide bonds. The molecule has 100 valence electrons. The van der Waals surface area contributed by atoms with Crippen LogP contribution >= 0.6 is 0 Å². The minimum Gasteiger partial charge on any atom is -0.466 e. The van der Waals surface area contributed by atoms with Gasteiger partial charge in [0.05, 0.1) is 23.7 Å². The van der Waals surface area contributed by atoms with Crippen LogP contribution in [0, 0.1) is 6.92 Å². The predicted octanol–water partition coefficient (Wildman–Crippen LogP) is 1.89. The van der Waals surface area contributed by atoms with Crippen molar-refractivity contribution in [2.75, 3.05) is 12.4 Å². The van der Waals surface area contributed by atoms with Crippen molar-refractivity contribution in [3.05, 3.63) is 29.3 Å². The third-order valence-corrected chi connectivity index (χ3v) is 4.40. The SMILES string of the molecule is CCOC(=O)Cc1cc(C)ccc1S(=O)(=O)CC. The molecule has 0 aromatic heterocycles. The number of benzene rings is 1. The molecule has 0 aliphatic rings. The van der Waals surface area contributed by atoms with Crippen LogP contribution in [0.3, 0.4) is 0 Å². The lowest BCUT2D eigenvalue weighted by Crippen LogP contribution is -2.13. The van der Waals surface area contributed by atoms with Gasteiger partial charge in [-0.25, -0.2) is 8.42 Å². The molecule has 0 fully saturated rings. The summed E-state index contributed by atoms with van der Waals surface area (Å²) >= 11 is 0. The van der Waals surface area contributed by atoms with Gasteiger partial charge in [0.15, 0.2) is 9.84 Å². The summed E-state index contributed by atoms with van der Waals surface area (Å²) < 4.78 is 28.7. The molecular formula is C13H18O4S. The molecule has 4 nitrogen and oxygen atoms in total. The molecular weight excluding hydrogens is 252 g/mol. The Morgan fingerprint density at radius 2 is 1.94 bits per heavy atom. The average molecular weight is 270 g/mol. The zero-order valence-electron chi connectivity index (χ0n) is 10.9. The zero-order chi connectivity index (χ0) is 13.8. The van der Waals surface area contributed by atoms with Gasteiger partial charge in [-0.3, -0.25) is 4.79 Å². The summed E-state index contributed by atoms with van der Waals surface area (Å²) in [6, 6.07) is 5.01. The predicted molar refractivity (Wildman–Crippen MR) is 69.2 cm³/mol. The Morgan fingerprint density at radius 3 is 2.50 bits per heavy atom. The van der Waals surface area contributed by atoms with Crippen LogP contribution in [-0.4, -0.2) is 26.7 Å². The normalized spacial score (nSPS) is 11.3. The number of hydrogen-bond donors (Lipinski definition) is 0. The molecule has 1 aromatic rings. The number of sulfone groups is 1. The third-order valence-electron chi connectivity index (χ3n) is 2.57. The van der Waals surface area contributed by atoms with Gasteiger partial charge in [-0.1, -0.05) is 24.6 Å². The van der Waals surface area contributed by atoms with Crippen molar-refractivity contribution in [1.82, 2.24) is 0 Å². The molecule has 18 heavy (non-hydrogen) atoms. The number of hydrogen-bond acceptors (Lipinski definition) is 4. The first-order valence-corrected chi connectivity index (χ1v) is 7.53. The van der Waals surface area contributed by atoms with E-state index in [-0.39, 0.29) is 17.1 Å². The van der Waals surface area contributed by atoms with Crippen LogP contribution in [0.2, 0.25) is 0 Å². The van der Waals surface area contributed by atoms with E-state index < -0.39 is 15.8 Å². The van der Waals surface area contributed by atoms with Gasteiger partial charge in [0.1, 0.15) is 0 Å². The van der Waals surface area contributed by atoms with Gasteiger partial charge in [-0.05, 0) is 25.5 Å². The molecule has 0 bridgehead atoms. The number of aryl methyl sites for hydroxylation is 1. The average Bonchev–Trinajstić information content (AvgIpc) is 2.29. The molecule has 0 saturated carbocycles. The molecule has 0 heterocycles. The van der Waals surface area contributed by atoms with E-state index in [2.05, 4.69) is 0 Å². The van der Waals surface area contributed by atoms with Crippen LogP contribution in [0.25, 0.3) is 0 Å². The van der Waals surface area contributed by atoms with Crippen LogP contribution in [-0.2, 0) is 25.8 Å². The lowest BCUT2D eigenvalue weighted by molar-refractivity contribution is -0.142. The quantitative estimate of drug-likeness (QED) is 0.767. The highest BCUT2D eigenvalue weighted by atomic mass is 32.2. The summed E-state index contributed by atoms with van der Waals surface area (Å²) in [6.45, 7) is 5.46. The molecule has 0 N–H and O–H groups in total. The van der Waals surface area contributed by atoms with E-state index in [0.717, 1.165) is 5.56 Å². The van der Waals surface area contributed by atoms with Crippen molar-refractivity contribution in [1.29, 1.82) is 0 Å². The Bertz CT molecular complexity index is 532. The molecule has 1 rings (SSSR count). The van der Waals surface area contributed by atoms with E-state index in [1.807, 2.05) is 6.92 Å². The maximum absolute atomic E-state index is 11.9. The van der Waals surface area contributed by atoms with Gasteiger partial charge >= 0.3 is 5.97 Å². The molecule has 0 saturated heterocycles. The van der Waals surface area contributed by atoms with Crippen molar-refractivity contribution in [3.63, 3.8) is 0 Å². The third kappa shape index (κ3) is 3.57. The summed E-state index contributed by atoms with van der Waals surface area (Å²) in [4.78, 5) is 11.7. The first-order valence-electron chi connectivity index (χ1n) is 5.88. The van der Waals surface area contributed by atoms with Crippen molar-refractivity contribution in [2.24, 2.45) is 0 Å². The standard InChI is InChI=1S/C13H18O4S/c1-4-17-13(14)9-11-8-10(3)6-7-12(11)18(15,16)5-2/h6-8H,4-5,9H2,1-3H3. The molecule has 0 spiro atoms. The fourth-order valence-corrected chi connectivity index (χ4v) is 2.79. The Labute approximate surface area is 108 Å². The van der Waals surface area contributed by atoms with Crippen molar-refractivity contribution in [2.45, 2.75) is 32.1 Å². The molecule has 0 aliphatic carbocycles. The highest BCUT2D eigenvalue weighted by molar-refractivity contribution is 7.91. The smallest absolute Gasteiger partial charge is 0.310 e. The van der Waals surface area contributed by atoms with Gasteiger partial charge in [-0.2, -0.15) is 0 Å². The summed E-state index contributed by atoms with van der Waals surface area (Å²) in [5, 5.41) is 0. The first kappa shape index (κ1) is 14.7. The second-order valence-electron chi connectivity index (χ2n) is 4.00. The fraction of sp³-hybridized carbons (Fsp3) is 0.462. The molecule has 0 aliphatic heterocycles. The van der Waals surface area contributed by atoms with E-state index >= 15 is 0 Å². The largest absolute Gasteiger partial charge is 0.466 e. The topological polar surface area (TPSA) is 60.4 Å². The molecule has 0 radical (unpaired) electrons. The van der Waals surface area contributed by atoms with Crippen molar-refractivity contribution < 1.29 is 17.9 Å². The number of rotatable bonds is 5. The lowest BCUT2D eigenvalue weighted by atomic mass is 10.1. The Kier molecular flexibility index (Phi) is 4.90. The highest BCUT2D eigenvalue weighted by Crippen LogP contribution is 2.19. The second-order valence-corrected chi connectivity index (χ2v) is 6.24. The van der Waals surface area contributed by atoms with E-state index in [9.17, 15) is 13.2 Å². The zero-order valence-corrected chi connectivity index (χ0v) is 11.7. The van der Waals surface area contributed by atoms with E-state index in [4.69, 9.17) is 4.74 Å². The minimum atomic E-state index is -3.31. The lowest BCUT2D eigenvalue weighted by Gasteiger charge is -2.10. The van der Waals surface area contributed by atoms with E-state index in [0.29, 0.717) is 12.2 Å². The Balaban J connectivity index is 3.16. The summed E-state index contributed by atoms with van der Waals surface area (Å²) in [5.41, 5.74) is 1.43. The Morgan fingerprint density at radius 1 is 1.28 bits per heavy atom. The van der Waals surface area contributed by atoms with E-state index in [1.54, 1.807) is 32.0 Å². The van der Waals surface area contributed by atoms with Crippen LogP contribution in [0.15, 0.2) is 23.1 Å². The molecule has 0 atom stereocenters. The van der Waals surface area contributed by atoms with Crippen LogP contribution in [0.1, 0.15) is 25.0 Å². The highest BCUT2D eigenvalue weighted by Gasteiger charge is 2.18. The Hall–Kier alpha value is -1.36. The summed E-state index contributed by atoms with van der Waals surface area (Å²) in [7, 11) is -3.31. The summed E-state index contributed by atoms with van der Waals surface area (Å²) in [5.74, 6) is -0.387. The van der Waals surface area contributed by atoms with Crippen LogP contribution in [0.5, 0.6) is 0 Å². The number of ether oxygens (including phenoxy) is 1. The maximum Gasteiger partial charge on any atom is 0.310 e. The van der Waals surface area contributed by atoms with Gasteiger partial charge in [0.25, 0.3) is 0 Å². The van der Waals surface area contributed by atoms with Gasteiger partial charge in [-0.15, -0.1) is 0 Å². The van der Waals surface area contributed by atoms with Gasteiger partial charge in [0, 0.05) is 0 Å². The monoisotopic (exact) mass is 270 g/mol. The molecule has 0 unspecified atom stereocenters. The van der Waals surface area contributed by atoms with Gasteiger partial charge in [0.2, 0.25) is 0 Å². The van der Waals surface area contributed by atoms with Crippen LogP contribution < -0.4 is 0 Å².